The van der Waals surface area contributed by atoms with Crippen molar-refractivity contribution in [2.75, 3.05) is 11.9 Å². The second-order valence-corrected chi connectivity index (χ2v) is 5.75. The number of hydrogen-bond acceptors (Lipinski definition) is 6. The molecule has 1 N–H and O–H groups in total. The van der Waals surface area contributed by atoms with Crippen LogP contribution in [0.3, 0.4) is 0 Å². The lowest BCUT2D eigenvalue weighted by Gasteiger charge is -2.11. The van der Waals surface area contributed by atoms with Gasteiger partial charge in [0, 0.05) is 6.54 Å². The number of aliphatic imine (C=N–C) groups is 1. The van der Waals surface area contributed by atoms with Crippen LogP contribution >= 0.6 is 0 Å². The van der Waals surface area contributed by atoms with Gasteiger partial charge < -0.3 is 10.1 Å². The molecule has 0 saturated heterocycles. The van der Waals surface area contributed by atoms with Gasteiger partial charge in [-0.1, -0.05) is 19.9 Å². The maximum Gasteiger partial charge on any atom is 0.163 e. The Morgan fingerprint density at radius 2 is 2.00 bits per heavy atom. The number of aromatic nitrogens is 2. The zero-order valence-corrected chi connectivity index (χ0v) is 17.3. The van der Waals surface area contributed by atoms with E-state index in [-0.39, 0.29) is 18.0 Å². The molecule has 1 heterocycles. The summed E-state index contributed by atoms with van der Waals surface area (Å²) in [4.78, 5) is 23.1. The molecular weight excluding hydrogens is 347 g/mol. The van der Waals surface area contributed by atoms with Crippen molar-refractivity contribution in [2.24, 2.45) is 4.99 Å². The Balaban J connectivity index is 0.00000326. The van der Waals surface area contributed by atoms with E-state index in [0.29, 0.717) is 35.7 Å². The number of nitrogens with zero attached hydrogens (tertiary/aromatic N) is 3. The lowest BCUT2D eigenvalue weighted by Crippen LogP contribution is -2.11. The monoisotopic (exact) mass is 378 g/mol. The summed E-state index contributed by atoms with van der Waals surface area (Å²) in [6, 6.07) is 0. The molecule has 7 heteroatoms. The molecular formula is C20H31FN4O2. The van der Waals surface area contributed by atoms with Crippen molar-refractivity contribution < 1.29 is 13.9 Å². The number of anilines is 1. The molecule has 1 aromatic heterocycles. The molecule has 0 aliphatic carbocycles. The highest BCUT2D eigenvalue weighted by atomic mass is 19.1. The average Bonchev–Trinajstić information content (AvgIpc) is 2.62. The van der Waals surface area contributed by atoms with Crippen LogP contribution in [0.15, 0.2) is 35.4 Å². The van der Waals surface area contributed by atoms with E-state index in [1.807, 2.05) is 27.7 Å². The van der Waals surface area contributed by atoms with Gasteiger partial charge in [0.2, 0.25) is 0 Å². The molecule has 0 amide bonds. The number of carbonyl (C=O) groups is 1. The zero-order chi connectivity index (χ0) is 20.8. The molecule has 0 aliphatic rings. The van der Waals surface area contributed by atoms with Gasteiger partial charge in [0.05, 0.1) is 23.6 Å². The molecule has 0 radical (unpaired) electrons. The second-order valence-electron chi connectivity index (χ2n) is 5.75. The molecule has 1 atom stereocenters. The molecule has 1 rings (SSSR count). The second kappa shape index (κ2) is 13.7. The van der Waals surface area contributed by atoms with E-state index in [1.54, 1.807) is 26.8 Å². The van der Waals surface area contributed by atoms with Gasteiger partial charge in [-0.05, 0) is 46.8 Å². The summed E-state index contributed by atoms with van der Waals surface area (Å²) < 4.78 is 19.2. The summed E-state index contributed by atoms with van der Waals surface area (Å²) in [6.45, 7) is 13.3. The van der Waals surface area contributed by atoms with Gasteiger partial charge in [-0.15, -0.1) is 0 Å². The number of carbonyl (C=O) groups excluding carboxylic acids is 1. The number of ether oxygens (including phenoxy) is 1. The van der Waals surface area contributed by atoms with E-state index >= 15 is 0 Å². The maximum atomic E-state index is 13.8. The van der Waals surface area contributed by atoms with E-state index in [2.05, 4.69) is 20.3 Å². The summed E-state index contributed by atoms with van der Waals surface area (Å²) in [5.41, 5.74) is 1.47. The van der Waals surface area contributed by atoms with Crippen LogP contribution in [0.2, 0.25) is 0 Å². The van der Waals surface area contributed by atoms with Crippen LogP contribution in [0.5, 0.6) is 0 Å². The minimum atomic E-state index is -0.371. The topological polar surface area (TPSA) is 76.5 Å². The quantitative estimate of drug-likeness (QED) is 0.382. The first-order valence-corrected chi connectivity index (χ1v) is 9.08. The Morgan fingerprint density at radius 1 is 1.33 bits per heavy atom. The number of aryl methyl sites for hydroxylation is 1. The SMILES string of the molecule is CC.CC(C=O)=Nc1c(C)ncnc1NC/C=C\C(F)=C/C(C)OC(C)C. The Morgan fingerprint density at radius 3 is 2.59 bits per heavy atom. The molecule has 0 aromatic carbocycles. The Kier molecular flexibility index (Phi) is 12.5. The molecule has 27 heavy (non-hydrogen) atoms. The van der Waals surface area contributed by atoms with Crippen LogP contribution in [-0.2, 0) is 9.53 Å². The largest absolute Gasteiger partial charge is 0.372 e. The lowest BCUT2D eigenvalue weighted by atomic mass is 10.3. The summed E-state index contributed by atoms with van der Waals surface area (Å²) in [5, 5.41) is 3.04. The fraction of sp³-hybridized carbons (Fsp3) is 0.500. The number of hydrogen-bond donors (Lipinski definition) is 1. The molecule has 150 valence electrons. The third-order valence-electron chi connectivity index (χ3n) is 3.01. The normalized spacial score (nSPS) is 13.4. The molecule has 0 saturated carbocycles. The number of rotatable bonds is 9. The smallest absolute Gasteiger partial charge is 0.163 e. The van der Waals surface area contributed by atoms with E-state index in [1.165, 1.54) is 18.5 Å². The molecule has 6 nitrogen and oxygen atoms in total. The van der Waals surface area contributed by atoms with Crippen molar-refractivity contribution in [1.29, 1.82) is 0 Å². The molecule has 0 fully saturated rings. The zero-order valence-electron chi connectivity index (χ0n) is 17.3. The van der Waals surface area contributed by atoms with Crippen molar-refractivity contribution in [1.82, 2.24) is 9.97 Å². The van der Waals surface area contributed by atoms with Gasteiger partial charge in [-0.2, -0.15) is 0 Å². The van der Waals surface area contributed by atoms with E-state index in [9.17, 15) is 9.18 Å². The average molecular weight is 378 g/mol. The lowest BCUT2D eigenvalue weighted by molar-refractivity contribution is -0.102. The van der Waals surface area contributed by atoms with Gasteiger partial charge in [0.25, 0.3) is 0 Å². The van der Waals surface area contributed by atoms with Crippen LogP contribution in [0.25, 0.3) is 0 Å². The van der Waals surface area contributed by atoms with Crippen molar-refractivity contribution in [3.8, 4) is 0 Å². The molecule has 0 aliphatic heterocycles. The maximum absolute atomic E-state index is 13.8. The van der Waals surface area contributed by atoms with E-state index in [0.717, 1.165) is 0 Å². The predicted octanol–water partition coefficient (Wildman–Crippen LogP) is 4.74. The fourth-order valence-electron chi connectivity index (χ4n) is 2.01. The molecule has 0 spiro atoms. The van der Waals surface area contributed by atoms with Crippen molar-refractivity contribution in [3.05, 3.63) is 36.1 Å². The Hall–Kier alpha value is -2.41. The molecule has 1 aromatic rings. The molecule has 0 bridgehead atoms. The standard InChI is InChI=1S/C18H25FN4O2.C2H6/c1-12(2)25-14(4)9-16(19)7-6-8-20-18-17(23-13(3)10-24)15(5)21-11-22-18;1-2/h6-7,9-12,14H,8H2,1-5H3,(H,20,21,22);1-2H3/b7-6-,16-9+,23-13?;. The fourth-order valence-corrected chi connectivity index (χ4v) is 2.01. The van der Waals surface area contributed by atoms with Crippen molar-refractivity contribution in [3.63, 3.8) is 0 Å². The van der Waals surface area contributed by atoms with Crippen LogP contribution in [0, 0.1) is 6.92 Å². The Bertz CT molecular complexity index is 670. The minimum Gasteiger partial charge on any atom is -0.372 e. The number of aldehydes is 1. The number of allylic oxidation sites excluding steroid dienone is 2. The first-order valence-electron chi connectivity index (χ1n) is 9.08. The third kappa shape index (κ3) is 10.4. The van der Waals surface area contributed by atoms with E-state index < -0.39 is 0 Å². The Labute approximate surface area is 161 Å². The minimum absolute atomic E-state index is 0.0412. The van der Waals surface area contributed by atoms with Crippen LogP contribution in [0.4, 0.5) is 15.9 Å². The van der Waals surface area contributed by atoms with Crippen LogP contribution in [-0.4, -0.2) is 40.7 Å². The van der Waals surface area contributed by atoms with Gasteiger partial charge in [0.15, 0.2) is 12.1 Å². The van der Waals surface area contributed by atoms with E-state index in [4.69, 9.17) is 4.74 Å². The highest BCUT2D eigenvalue weighted by molar-refractivity contribution is 6.27. The highest BCUT2D eigenvalue weighted by Crippen LogP contribution is 2.24. The van der Waals surface area contributed by atoms with Gasteiger partial charge >= 0.3 is 0 Å². The van der Waals surface area contributed by atoms with Crippen molar-refractivity contribution >= 4 is 23.5 Å². The van der Waals surface area contributed by atoms with Crippen LogP contribution in [0.1, 0.15) is 47.2 Å². The third-order valence-corrected chi connectivity index (χ3v) is 3.01. The summed E-state index contributed by atoms with van der Waals surface area (Å²) >= 11 is 0. The first kappa shape index (κ1) is 24.6. The van der Waals surface area contributed by atoms with Crippen molar-refractivity contribution in [2.45, 2.75) is 60.7 Å². The van der Waals surface area contributed by atoms with Gasteiger partial charge in [0.1, 0.15) is 17.8 Å². The summed E-state index contributed by atoms with van der Waals surface area (Å²) in [7, 11) is 0. The first-order chi connectivity index (χ1) is 12.8. The highest BCUT2D eigenvalue weighted by Gasteiger charge is 2.07. The molecule has 1 unspecified atom stereocenters. The number of halogens is 1. The van der Waals surface area contributed by atoms with Gasteiger partial charge in [-0.3, -0.25) is 4.79 Å². The van der Waals surface area contributed by atoms with Gasteiger partial charge in [-0.25, -0.2) is 19.4 Å². The summed E-state index contributed by atoms with van der Waals surface area (Å²) in [6.07, 6.45) is 6.22. The van der Waals surface area contributed by atoms with Crippen LogP contribution < -0.4 is 5.32 Å². The predicted molar refractivity (Wildman–Crippen MR) is 109 cm³/mol. The number of nitrogens with one attached hydrogen (secondary N) is 1. The summed E-state index contributed by atoms with van der Waals surface area (Å²) in [5.74, 6) is 0.114.